The summed E-state index contributed by atoms with van der Waals surface area (Å²) in [5.74, 6) is 0.0460. The van der Waals surface area contributed by atoms with Gasteiger partial charge in [-0.2, -0.15) is 0 Å². The summed E-state index contributed by atoms with van der Waals surface area (Å²) in [6.45, 7) is 7.46. The molecular weight excluding hydrogens is 458 g/mol. The van der Waals surface area contributed by atoms with Crippen molar-refractivity contribution in [1.29, 1.82) is 0 Å². The van der Waals surface area contributed by atoms with Gasteiger partial charge in [0.1, 0.15) is 0 Å². The Kier molecular flexibility index (Phi) is 11.2. The Morgan fingerprint density at radius 3 is 1.67 bits per heavy atom. The van der Waals surface area contributed by atoms with E-state index < -0.39 is 0 Å². The average Bonchev–Trinajstić information content (AvgIpc) is 2.89. The van der Waals surface area contributed by atoms with Crippen molar-refractivity contribution < 1.29 is 27.3 Å². The van der Waals surface area contributed by atoms with Crippen LogP contribution in [0.2, 0.25) is 0 Å². The zero-order valence-electron chi connectivity index (χ0n) is 18.7. The molecule has 2 aliphatic rings. The minimum absolute atomic E-state index is 0. The largest absolute Gasteiger partial charge is 3.00 e. The Hall–Kier alpha value is -2.61. The molecule has 0 saturated carbocycles. The Morgan fingerprint density at radius 2 is 1.21 bits per heavy atom. The van der Waals surface area contributed by atoms with Crippen molar-refractivity contribution in [2.75, 3.05) is 39.3 Å². The number of nitrogens with zero attached hydrogens (tertiary/aromatic N) is 5. The number of pyridine rings is 2. The molecule has 4 rings (SSSR count). The summed E-state index contributed by atoms with van der Waals surface area (Å²) in [7, 11) is 0. The first-order valence-corrected chi connectivity index (χ1v) is 10.9. The van der Waals surface area contributed by atoms with Crippen LogP contribution in [0.25, 0.3) is 0 Å². The van der Waals surface area contributed by atoms with Gasteiger partial charge in [0.2, 0.25) is 0 Å². The van der Waals surface area contributed by atoms with E-state index in [1.807, 2.05) is 48.8 Å². The second-order valence-corrected chi connectivity index (χ2v) is 7.93. The van der Waals surface area contributed by atoms with E-state index in [2.05, 4.69) is 43.0 Å². The predicted molar refractivity (Wildman–Crippen MR) is 127 cm³/mol. The van der Waals surface area contributed by atoms with E-state index in [1.54, 1.807) is 12.2 Å². The summed E-state index contributed by atoms with van der Waals surface area (Å²) in [6.07, 6.45) is 12.9. The van der Waals surface area contributed by atoms with Crippen LogP contribution in [-0.2, 0) is 40.4 Å². The Labute approximate surface area is 206 Å². The summed E-state index contributed by atoms with van der Waals surface area (Å²) >= 11 is 0. The van der Waals surface area contributed by atoms with Crippen LogP contribution in [0, 0.1) is 0 Å². The molecule has 33 heavy (non-hydrogen) atoms. The van der Waals surface area contributed by atoms with Crippen LogP contribution in [0.5, 0.6) is 0 Å². The topological polar surface area (TPSA) is 85.6 Å². The standard InChI is InChI=1S/C25H29N5O.Fe.H2O/c31-25-9-7-22(8-10-25)19-28-13-15-29(20-23-5-1-3-11-26-23)17-18-30(16-14-28)21-24-6-2-4-12-27-24;;/h1-12,19H,13-18,20-21H2;;1H2/q;+3;/p+1. The molecule has 2 aromatic rings. The van der Waals surface area contributed by atoms with Gasteiger partial charge >= 0.3 is 17.1 Å². The van der Waals surface area contributed by atoms with Crippen molar-refractivity contribution in [2.24, 2.45) is 0 Å². The minimum Gasteiger partial charge on any atom is -0.457 e. The molecule has 3 heterocycles. The van der Waals surface area contributed by atoms with Crippen LogP contribution >= 0.6 is 0 Å². The van der Waals surface area contributed by atoms with E-state index in [4.69, 9.17) is 0 Å². The molecule has 8 heteroatoms. The molecule has 0 aromatic carbocycles. The number of allylic oxidation sites excluding steroid dienone is 5. The van der Waals surface area contributed by atoms with Gasteiger partial charge in [0.25, 0.3) is 0 Å². The number of ketones is 1. The van der Waals surface area contributed by atoms with Gasteiger partial charge in [0, 0.05) is 71.0 Å². The molecule has 1 aliphatic heterocycles. The Balaban J connectivity index is 0.00000193. The second kappa shape index (κ2) is 13.8. The molecule has 0 amide bonds. The van der Waals surface area contributed by atoms with Crippen LogP contribution in [0.4, 0.5) is 0 Å². The van der Waals surface area contributed by atoms with E-state index >= 15 is 0 Å². The molecule has 0 spiro atoms. The molecule has 1 radical (unpaired) electrons. The zero-order valence-corrected chi connectivity index (χ0v) is 19.8. The number of hydrogen-bond acceptors (Lipinski definition) is 6. The first kappa shape index (κ1) is 26.6. The minimum atomic E-state index is 0. The fraction of sp³-hybridized carbons (Fsp3) is 0.320. The quantitative estimate of drug-likeness (QED) is 0.469. The van der Waals surface area contributed by atoms with Crippen molar-refractivity contribution in [1.82, 2.24) is 24.7 Å². The van der Waals surface area contributed by atoms with E-state index in [1.165, 1.54) is 0 Å². The van der Waals surface area contributed by atoms with Gasteiger partial charge in [-0.05, 0) is 54.1 Å². The van der Waals surface area contributed by atoms with Crippen LogP contribution < -0.4 is 0 Å². The molecule has 173 valence electrons. The molecule has 7 nitrogen and oxygen atoms in total. The van der Waals surface area contributed by atoms with E-state index in [0.717, 1.165) is 69.3 Å². The summed E-state index contributed by atoms with van der Waals surface area (Å²) in [5.41, 5.74) is 3.26. The van der Waals surface area contributed by atoms with Crippen molar-refractivity contribution in [3.05, 3.63) is 96.3 Å². The summed E-state index contributed by atoms with van der Waals surface area (Å²) in [6, 6.07) is 12.2. The van der Waals surface area contributed by atoms with Gasteiger partial charge in [-0.3, -0.25) is 24.6 Å². The van der Waals surface area contributed by atoms with E-state index in [-0.39, 0.29) is 28.3 Å². The maximum atomic E-state index is 11.4. The van der Waals surface area contributed by atoms with Crippen LogP contribution in [0.15, 0.2) is 84.9 Å². The van der Waals surface area contributed by atoms with Crippen molar-refractivity contribution in [3.63, 3.8) is 0 Å². The Bertz CT molecular complexity index is 878. The van der Waals surface area contributed by atoms with Gasteiger partial charge in [-0.1, -0.05) is 12.1 Å². The van der Waals surface area contributed by atoms with Gasteiger partial charge in [0.05, 0.1) is 11.4 Å². The summed E-state index contributed by atoms with van der Waals surface area (Å²) in [5, 5.41) is 0. The third-order valence-electron chi connectivity index (χ3n) is 5.57. The van der Waals surface area contributed by atoms with Gasteiger partial charge in [0.15, 0.2) is 5.78 Å². The molecule has 0 atom stereocenters. The number of rotatable bonds is 5. The first-order chi connectivity index (χ1) is 15.2. The Morgan fingerprint density at radius 1 is 0.727 bits per heavy atom. The zero-order chi connectivity index (χ0) is 21.3. The van der Waals surface area contributed by atoms with E-state index in [0.29, 0.717) is 0 Å². The van der Waals surface area contributed by atoms with Crippen LogP contribution in [0.3, 0.4) is 0 Å². The van der Waals surface area contributed by atoms with Gasteiger partial charge < -0.3 is 10.4 Å². The van der Waals surface area contributed by atoms with E-state index in [9.17, 15) is 4.79 Å². The van der Waals surface area contributed by atoms with Crippen LogP contribution in [-0.4, -0.2) is 69.7 Å². The third kappa shape index (κ3) is 8.68. The van der Waals surface area contributed by atoms with Gasteiger partial charge in [-0.25, -0.2) is 0 Å². The maximum absolute atomic E-state index is 11.4. The molecule has 1 fully saturated rings. The van der Waals surface area contributed by atoms with Gasteiger partial charge in [-0.15, -0.1) is 0 Å². The monoisotopic (exact) mass is 490 g/mol. The number of carbonyl (C=O) groups is 1. The average molecular weight is 490 g/mol. The molecule has 1 aliphatic carbocycles. The molecule has 2 aromatic heterocycles. The molecule has 3 N–H and O–H groups in total. The van der Waals surface area contributed by atoms with Crippen LogP contribution in [0.1, 0.15) is 11.4 Å². The molecule has 0 bridgehead atoms. The summed E-state index contributed by atoms with van der Waals surface area (Å²) < 4.78 is 0. The summed E-state index contributed by atoms with van der Waals surface area (Å²) in [4.78, 5) is 27.8. The number of carbonyl (C=O) groups excluding carboxylic acids is 1. The van der Waals surface area contributed by atoms with Crippen molar-refractivity contribution >= 4 is 5.78 Å². The molecular formula is C25H32FeN5O2+4. The van der Waals surface area contributed by atoms with Crippen molar-refractivity contribution in [2.45, 2.75) is 13.1 Å². The number of hydrogen-bond donors (Lipinski definition) is 0. The SMILES string of the molecule is O=C1C=CC(=CN2CCN(Cc3ccccn3)CCN(Cc3ccccn3)CC2)C=C1.[Fe+3].[OH3+]. The normalized spacial score (nSPS) is 17.4. The second-order valence-electron chi connectivity index (χ2n) is 7.93. The first-order valence-electron chi connectivity index (χ1n) is 10.9. The third-order valence-corrected chi connectivity index (χ3v) is 5.57. The predicted octanol–water partition coefficient (Wildman–Crippen LogP) is 1.75. The molecule has 1 saturated heterocycles. The fourth-order valence-corrected chi connectivity index (χ4v) is 3.81. The number of aromatic nitrogens is 2. The van der Waals surface area contributed by atoms with Crippen molar-refractivity contribution in [3.8, 4) is 0 Å². The smallest absolute Gasteiger partial charge is 0.457 e. The maximum Gasteiger partial charge on any atom is 3.00 e. The fourth-order valence-electron chi connectivity index (χ4n) is 3.81. The molecule has 0 unspecified atom stereocenters.